The first-order valence-corrected chi connectivity index (χ1v) is 10.0. The van der Waals surface area contributed by atoms with Crippen LogP contribution in [0.25, 0.3) is 0 Å². The second-order valence-electron chi connectivity index (χ2n) is 7.49. The highest BCUT2D eigenvalue weighted by Crippen LogP contribution is 2.37. The van der Waals surface area contributed by atoms with E-state index < -0.39 is 23.0 Å². The molecule has 1 saturated heterocycles. The van der Waals surface area contributed by atoms with Crippen molar-refractivity contribution in [2.24, 2.45) is 0 Å². The van der Waals surface area contributed by atoms with Gasteiger partial charge in [-0.15, -0.1) is 0 Å². The zero-order valence-electron chi connectivity index (χ0n) is 17.5. The van der Waals surface area contributed by atoms with Gasteiger partial charge in [-0.3, -0.25) is 14.4 Å². The first-order valence-electron chi connectivity index (χ1n) is 10.0. The maximum Gasteiger partial charge on any atom is 0.241 e. The first-order chi connectivity index (χ1) is 14.8. The molecule has 31 heavy (non-hydrogen) atoms. The van der Waals surface area contributed by atoms with Crippen LogP contribution in [0.4, 0.5) is 0 Å². The number of benzene rings is 1. The highest BCUT2D eigenvalue weighted by Gasteiger charge is 2.27. The van der Waals surface area contributed by atoms with Crippen LogP contribution in [0.2, 0.25) is 0 Å². The third-order valence-corrected chi connectivity index (χ3v) is 5.28. The quantitative estimate of drug-likeness (QED) is 0.609. The molecule has 0 spiro atoms. The molecular formula is C22H26N2O7. The minimum atomic E-state index is -0.844. The van der Waals surface area contributed by atoms with Gasteiger partial charge in [-0.25, -0.2) is 0 Å². The van der Waals surface area contributed by atoms with Gasteiger partial charge in [0.25, 0.3) is 0 Å². The normalized spacial score (nSPS) is 14.3. The average Bonchev–Trinajstić information content (AvgIpc) is 3.28. The third kappa shape index (κ3) is 5.17. The summed E-state index contributed by atoms with van der Waals surface area (Å²) in [6.45, 7) is 2.81. The van der Waals surface area contributed by atoms with Crippen molar-refractivity contribution in [3.8, 4) is 17.2 Å². The molecule has 2 heterocycles. The van der Waals surface area contributed by atoms with Crippen molar-refractivity contribution in [1.29, 1.82) is 0 Å². The van der Waals surface area contributed by atoms with E-state index in [1.807, 2.05) is 0 Å². The van der Waals surface area contributed by atoms with E-state index in [1.165, 1.54) is 19.2 Å². The fourth-order valence-electron chi connectivity index (χ4n) is 3.64. The Labute approximate surface area is 179 Å². The largest absolute Gasteiger partial charge is 0.504 e. The van der Waals surface area contributed by atoms with E-state index in [0.29, 0.717) is 18.7 Å². The lowest BCUT2D eigenvalue weighted by Gasteiger charge is -2.19. The number of hydrogen-bond donors (Lipinski definition) is 3. The summed E-state index contributed by atoms with van der Waals surface area (Å²) in [6, 6.07) is 5.60. The Kier molecular flexibility index (Phi) is 6.84. The number of carbonyl (C=O) groups excluding carboxylic acids is 2. The Morgan fingerprint density at radius 2 is 1.94 bits per heavy atom. The van der Waals surface area contributed by atoms with E-state index in [9.17, 15) is 24.6 Å². The van der Waals surface area contributed by atoms with Crippen molar-refractivity contribution in [3.63, 3.8) is 0 Å². The van der Waals surface area contributed by atoms with Crippen LogP contribution >= 0.6 is 0 Å². The summed E-state index contributed by atoms with van der Waals surface area (Å²) in [7, 11) is 1.38. The summed E-state index contributed by atoms with van der Waals surface area (Å²) in [4.78, 5) is 38.7. The Morgan fingerprint density at radius 3 is 2.61 bits per heavy atom. The number of aromatic hydroxyl groups is 2. The van der Waals surface area contributed by atoms with Crippen molar-refractivity contribution >= 4 is 11.8 Å². The highest BCUT2D eigenvalue weighted by molar-refractivity contribution is 5.85. The topological polar surface area (TPSA) is 129 Å². The van der Waals surface area contributed by atoms with Crippen LogP contribution in [0.3, 0.4) is 0 Å². The van der Waals surface area contributed by atoms with Gasteiger partial charge in [0.05, 0.1) is 19.6 Å². The maximum atomic E-state index is 12.7. The van der Waals surface area contributed by atoms with Gasteiger partial charge in [0.15, 0.2) is 17.3 Å². The van der Waals surface area contributed by atoms with E-state index in [-0.39, 0.29) is 41.9 Å². The molecule has 9 heteroatoms. The Bertz CT molecular complexity index is 1030. The number of hydrogen-bond acceptors (Lipinski definition) is 7. The molecule has 166 valence electrons. The van der Waals surface area contributed by atoms with Gasteiger partial charge in [0.2, 0.25) is 23.0 Å². The summed E-state index contributed by atoms with van der Waals surface area (Å²) in [5, 5.41) is 22.8. The van der Waals surface area contributed by atoms with Gasteiger partial charge >= 0.3 is 0 Å². The number of phenols is 1. The van der Waals surface area contributed by atoms with E-state index in [4.69, 9.17) is 9.15 Å². The number of ether oxygens (including phenoxy) is 1. The fourth-order valence-corrected chi connectivity index (χ4v) is 3.64. The number of carbonyl (C=O) groups is 2. The lowest BCUT2D eigenvalue weighted by atomic mass is 9.91. The summed E-state index contributed by atoms with van der Waals surface area (Å²) in [6.07, 6.45) is 1.72. The van der Waals surface area contributed by atoms with Gasteiger partial charge in [0.1, 0.15) is 5.76 Å². The molecule has 1 fully saturated rings. The highest BCUT2D eigenvalue weighted by atomic mass is 16.5. The molecule has 1 aliphatic heterocycles. The molecule has 3 N–H and O–H groups in total. The molecule has 0 radical (unpaired) electrons. The van der Waals surface area contributed by atoms with Crippen molar-refractivity contribution in [3.05, 3.63) is 51.6 Å². The van der Waals surface area contributed by atoms with E-state index in [0.717, 1.165) is 18.9 Å². The van der Waals surface area contributed by atoms with Crippen LogP contribution in [-0.4, -0.2) is 53.7 Å². The van der Waals surface area contributed by atoms with Crippen LogP contribution in [0.15, 0.2) is 33.5 Å². The minimum absolute atomic E-state index is 0.0706. The number of phenolic OH excluding ortho intramolecular Hbond substituents is 1. The SMILES string of the molecule is COc1cc([C@H](CC(=O)NCC(=O)N2CCCC2)c2oc(C)cc(=O)c2O)ccc1O. The van der Waals surface area contributed by atoms with Crippen LogP contribution in [-0.2, 0) is 9.59 Å². The minimum Gasteiger partial charge on any atom is -0.504 e. The van der Waals surface area contributed by atoms with Gasteiger partial charge in [-0.05, 0) is 37.5 Å². The summed E-state index contributed by atoms with van der Waals surface area (Å²) in [5.41, 5.74) is -0.140. The average molecular weight is 430 g/mol. The molecule has 1 aromatic carbocycles. The van der Waals surface area contributed by atoms with Crippen molar-refractivity contribution in [2.75, 3.05) is 26.7 Å². The lowest BCUT2D eigenvalue weighted by Crippen LogP contribution is -2.39. The standard InChI is InChI=1S/C22H26N2O7/c1-13-9-17(26)21(29)22(31-13)15(14-5-6-16(25)18(10-14)30-2)11-19(27)23-12-20(28)24-7-3-4-8-24/h5-6,9-10,15,25,29H,3-4,7-8,11-12H2,1-2H3,(H,23,27)/t15-/m0/s1. The predicted octanol–water partition coefficient (Wildman–Crippen LogP) is 1.63. The van der Waals surface area contributed by atoms with E-state index >= 15 is 0 Å². The van der Waals surface area contributed by atoms with Crippen LogP contribution in [0, 0.1) is 6.92 Å². The number of nitrogens with one attached hydrogen (secondary N) is 1. The third-order valence-electron chi connectivity index (χ3n) is 5.28. The molecule has 0 aliphatic carbocycles. The number of amides is 2. The summed E-state index contributed by atoms with van der Waals surface area (Å²) >= 11 is 0. The fraction of sp³-hybridized carbons (Fsp3) is 0.409. The lowest BCUT2D eigenvalue weighted by molar-refractivity contribution is -0.132. The molecule has 0 unspecified atom stereocenters. The monoisotopic (exact) mass is 430 g/mol. The van der Waals surface area contributed by atoms with Crippen molar-refractivity contribution in [1.82, 2.24) is 10.2 Å². The second-order valence-corrected chi connectivity index (χ2v) is 7.49. The summed E-state index contributed by atoms with van der Waals surface area (Å²) < 4.78 is 10.7. The maximum absolute atomic E-state index is 12.7. The number of nitrogens with zero attached hydrogens (tertiary/aromatic N) is 1. The molecule has 1 aromatic heterocycles. The molecule has 0 bridgehead atoms. The zero-order chi connectivity index (χ0) is 22.5. The number of aryl methyl sites for hydroxylation is 1. The molecule has 1 aliphatic rings. The van der Waals surface area contributed by atoms with Gasteiger partial charge in [-0.1, -0.05) is 6.07 Å². The van der Waals surface area contributed by atoms with Crippen molar-refractivity contribution < 1.29 is 29.0 Å². The number of methoxy groups -OCH3 is 1. The predicted molar refractivity (Wildman–Crippen MR) is 111 cm³/mol. The van der Waals surface area contributed by atoms with Crippen LogP contribution < -0.4 is 15.5 Å². The molecule has 1 atom stereocenters. The number of rotatable bonds is 7. The molecular weight excluding hydrogens is 404 g/mol. The Balaban J connectivity index is 1.86. The first kappa shape index (κ1) is 22.2. The second kappa shape index (κ2) is 9.55. The van der Waals surface area contributed by atoms with Crippen molar-refractivity contribution in [2.45, 2.75) is 32.1 Å². The molecule has 2 amide bonds. The Morgan fingerprint density at radius 1 is 1.23 bits per heavy atom. The Hall–Kier alpha value is -3.49. The molecule has 3 rings (SSSR count). The van der Waals surface area contributed by atoms with E-state index in [2.05, 4.69) is 5.32 Å². The molecule has 2 aromatic rings. The van der Waals surface area contributed by atoms with Gasteiger partial charge in [0, 0.05) is 25.6 Å². The van der Waals surface area contributed by atoms with Gasteiger partial charge in [-0.2, -0.15) is 0 Å². The zero-order valence-corrected chi connectivity index (χ0v) is 17.5. The van der Waals surface area contributed by atoms with Gasteiger partial charge < -0.3 is 29.6 Å². The summed E-state index contributed by atoms with van der Waals surface area (Å²) in [5.74, 6) is -1.77. The number of likely N-dealkylation sites (tertiary alicyclic amines) is 1. The van der Waals surface area contributed by atoms with Crippen LogP contribution in [0.1, 0.15) is 42.3 Å². The molecule has 0 saturated carbocycles. The molecule has 9 nitrogen and oxygen atoms in total. The smallest absolute Gasteiger partial charge is 0.241 e. The van der Waals surface area contributed by atoms with E-state index in [1.54, 1.807) is 17.9 Å². The van der Waals surface area contributed by atoms with Crippen LogP contribution in [0.5, 0.6) is 17.2 Å².